The third kappa shape index (κ3) is 4.44. The monoisotopic (exact) mass is 437 g/mol. The highest BCUT2D eigenvalue weighted by Crippen LogP contribution is 2.21. The molecule has 0 spiro atoms. The minimum atomic E-state index is -3.90. The Bertz CT molecular complexity index is 1280. The average molecular weight is 438 g/mol. The van der Waals surface area contributed by atoms with Gasteiger partial charge in [0.2, 0.25) is 10.0 Å². The smallest absolute Gasteiger partial charge is 0.326 e. The summed E-state index contributed by atoms with van der Waals surface area (Å²) in [5, 5.41) is 9.30. The molecule has 2 N–H and O–H groups in total. The number of ether oxygens (including phenoxy) is 1. The molecule has 29 heavy (non-hydrogen) atoms. The molecule has 1 amide bonds. The highest BCUT2D eigenvalue weighted by atomic mass is 32.2. The zero-order valence-corrected chi connectivity index (χ0v) is 17.6. The molecule has 10 nitrogen and oxygen atoms in total. The predicted molar refractivity (Wildman–Crippen MR) is 106 cm³/mol. The zero-order chi connectivity index (χ0) is 21.3. The van der Waals surface area contributed by atoms with Gasteiger partial charge in [0.05, 0.1) is 21.7 Å². The molecule has 0 aliphatic rings. The number of esters is 1. The van der Waals surface area contributed by atoms with Gasteiger partial charge in [-0.3, -0.25) is 14.3 Å². The third-order valence-corrected chi connectivity index (χ3v) is 5.94. The number of aryl methyl sites for hydroxylation is 2. The molecule has 0 radical (unpaired) electrons. The van der Waals surface area contributed by atoms with Crippen LogP contribution in [0.25, 0.3) is 10.2 Å². The van der Waals surface area contributed by atoms with Gasteiger partial charge in [0.15, 0.2) is 10.5 Å². The Labute approximate surface area is 170 Å². The topological polar surface area (TPSA) is 139 Å². The summed E-state index contributed by atoms with van der Waals surface area (Å²) in [4.78, 5) is 28.9. The SMILES string of the molecule is CCOC(=O)Cn1c(=NC(=O)c2nn(C)cc2C)sc2cc(S(N)(=O)=O)ccc21. The number of carbonyl (C=O) groups excluding carboxylic acids is 2. The number of aromatic nitrogens is 3. The van der Waals surface area contributed by atoms with Crippen LogP contribution in [0.4, 0.5) is 0 Å². The minimum absolute atomic E-state index is 0.0759. The number of fused-ring (bicyclic) bond motifs is 1. The number of hydrogen-bond acceptors (Lipinski definition) is 7. The van der Waals surface area contributed by atoms with Crippen molar-refractivity contribution >= 4 is 43.5 Å². The summed E-state index contributed by atoms with van der Waals surface area (Å²) in [6.07, 6.45) is 1.69. The molecule has 0 saturated heterocycles. The summed E-state index contributed by atoms with van der Waals surface area (Å²) in [6.45, 7) is 3.45. The zero-order valence-electron chi connectivity index (χ0n) is 15.9. The lowest BCUT2D eigenvalue weighted by Crippen LogP contribution is -2.23. The van der Waals surface area contributed by atoms with Crippen LogP contribution in [-0.2, 0) is 33.1 Å². The van der Waals surface area contributed by atoms with E-state index in [1.807, 2.05) is 0 Å². The van der Waals surface area contributed by atoms with Crippen LogP contribution in [0.1, 0.15) is 23.0 Å². The number of sulfonamides is 1. The highest BCUT2D eigenvalue weighted by molar-refractivity contribution is 7.89. The Hall–Kier alpha value is -2.83. The molecule has 3 aromatic rings. The van der Waals surface area contributed by atoms with E-state index in [4.69, 9.17) is 9.88 Å². The first-order valence-electron chi connectivity index (χ1n) is 8.51. The van der Waals surface area contributed by atoms with Gasteiger partial charge in [-0.1, -0.05) is 11.3 Å². The van der Waals surface area contributed by atoms with Crippen LogP contribution in [0.2, 0.25) is 0 Å². The van der Waals surface area contributed by atoms with E-state index in [2.05, 4.69) is 10.1 Å². The van der Waals surface area contributed by atoms with E-state index in [1.54, 1.807) is 27.1 Å². The lowest BCUT2D eigenvalue weighted by molar-refractivity contribution is -0.143. The van der Waals surface area contributed by atoms with Crippen molar-refractivity contribution in [2.75, 3.05) is 6.61 Å². The number of hydrogen-bond donors (Lipinski definition) is 1. The molecule has 0 atom stereocenters. The van der Waals surface area contributed by atoms with Crippen molar-refractivity contribution in [3.63, 3.8) is 0 Å². The molecule has 3 rings (SSSR count). The van der Waals surface area contributed by atoms with Crippen molar-refractivity contribution in [2.45, 2.75) is 25.3 Å². The van der Waals surface area contributed by atoms with E-state index in [9.17, 15) is 18.0 Å². The summed E-state index contributed by atoms with van der Waals surface area (Å²) in [5.74, 6) is -1.08. The number of nitrogens with zero attached hydrogens (tertiary/aromatic N) is 4. The first kappa shape index (κ1) is 20.9. The van der Waals surface area contributed by atoms with Crippen LogP contribution in [-0.4, -0.2) is 41.2 Å². The quantitative estimate of drug-likeness (QED) is 0.583. The molecular weight excluding hydrogens is 418 g/mol. The van der Waals surface area contributed by atoms with Crippen molar-refractivity contribution < 1.29 is 22.7 Å². The Morgan fingerprint density at radius 2 is 2.07 bits per heavy atom. The van der Waals surface area contributed by atoms with E-state index < -0.39 is 21.9 Å². The maximum atomic E-state index is 12.6. The van der Waals surface area contributed by atoms with Gasteiger partial charge in [-0.05, 0) is 32.0 Å². The van der Waals surface area contributed by atoms with Gasteiger partial charge in [-0.25, -0.2) is 13.6 Å². The molecule has 1 aromatic carbocycles. The lowest BCUT2D eigenvalue weighted by Gasteiger charge is -2.05. The Morgan fingerprint density at radius 1 is 1.34 bits per heavy atom. The van der Waals surface area contributed by atoms with Crippen LogP contribution in [0.5, 0.6) is 0 Å². The standard InChI is InChI=1S/C17H19N5O5S2/c1-4-27-14(23)9-22-12-6-5-11(29(18,25)26)7-13(12)28-17(22)19-16(24)15-10(2)8-21(3)20-15/h5-8H,4,9H2,1-3H3,(H2,18,25,26). The summed E-state index contributed by atoms with van der Waals surface area (Å²) in [6, 6.07) is 4.23. The molecule has 0 unspecified atom stereocenters. The molecular formula is C17H19N5O5S2. The van der Waals surface area contributed by atoms with E-state index in [1.165, 1.54) is 27.4 Å². The third-order valence-electron chi connectivity index (χ3n) is 3.99. The van der Waals surface area contributed by atoms with Gasteiger partial charge in [-0.15, -0.1) is 0 Å². The average Bonchev–Trinajstić information content (AvgIpc) is 3.13. The normalized spacial score (nSPS) is 12.5. The summed E-state index contributed by atoms with van der Waals surface area (Å²) >= 11 is 1.06. The molecule has 154 valence electrons. The predicted octanol–water partition coefficient (Wildman–Crippen LogP) is 0.696. The maximum Gasteiger partial charge on any atom is 0.326 e. The summed E-state index contributed by atoms with van der Waals surface area (Å²) < 4.78 is 31.8. The molecule has 0 aliphatic carbocycles. The van der Waals surface area contributed by atoms with Gasteiger partial charge in [0.1, 0.15) is 6.54 Å². The molecule has 2 heterocycles. The number of rotatable bonds is 5. The number of thiazole rings is 1. The van der Waals surface area contributed by atoms with Crippen LogP contribution in [0.15, 0.2) is 34.3 Å². The number of amides is 1. The number of carbonyl (C=O) groups is 2. The summed E-state index contributed by atoms with van der Waals surface area (Å²) in [7, 11) is -2.21. The van der Waals surface area contributed by atoms with Crippen molar-refractivity contribution in [3.8, 4) is 0 Å². The van der Waals surface area contributed by atoms with Crippen LogP contribution >= 0.6 is 11.3 Å². The van der Waals surface area contributed by atoms with Gasteiger partial charge in [0.25, 0.3) is 5.91 Å². The van der Waals surface area contributed by atoms with E-state index in [0.29, 0.717) is 15.8 Å². The molecule has 0 saturated carbocycles. The Kier molecular flexibility index (Phi) is 5.68. The van der Waals surface area contributed by atoms with Crippen LogP contribution < -0.4 is 9.94 Å². The maximum absolute atomic E-state index is 12.6. The summed E-state index contributed by atoms with van der Waals surface area (Å²) in [5.41, 5.74) is 1.38. The Balaban J connectivity index is 2.19. The van der Waals surface area contributed by atoms with Crippen molar-refractivity contribution in [3.05, 3.63) is 40.5 Å². The van der Waals surface area contributed by atoms with E-state index in [-0.39, 0.29) is 28.5 Å². The highest BCUT2D eigenvalue weighted by Gasteiger charge is 2.17. The van der Waals surface area contributed by atoms with Gasteiger partial charge in [-0.2, -0.15) is 10.1 Å². The number of nitrogens with two attached hydrogens (primary N) is 1. The van der Waals surface area contributed by atoms with Crippen LogP contribution in [0.3, 0.4) is 0 Å². The molecule has 12 heteroatoms. The molecule has 0 bridgehead atoms. The number of primary sulfonamides is 1. The Morgan fingerprint density at radius 3 is 2.66 bits per heavy atom. The van der Waals surface area contributed by atoms with Crippen molar-refractivity contribution in [1.29, 1.82) is 0 Å². The fraction of sp³-hybridized carbons (Fsp3) is 0.294. The van der Waals surface area contributed by atoms with Crippen LogP contribution in [0, 0.1) is 6.92 Å². The largest absolute Gasteiger partial charge is 0.465 e. The first-order valence-corrected chi connectivity index (χ1v) is 10.9. The van der Waals surface area contributed by atoms with Crippen molar-refractivity contribution in [1.82, 2.24) is 14.3 Å². The second kappa shape index (κ2) is 7.89. The molecule has 0 aliphatic heterocycles. The van der Waals surface area contributed by atoms with Gasteiger partial charge < -0.3 is 9.30 Å². The minimum Gasteiger partial charge on any atom is -0.465 e. The number of benzene rings is 1. The van der Waals surface area contributed by atoms with Gasteiger partial charge in [0, 0.05) is 18.8 Å². The first-order chi connectivity index (χ1) is 13.6. The second-order valence-corrected chi connectivity index (χ2v) is 8.77. The fourth-order valence-electron chi connectivity index (χ4n) is 2.76. The lowest BCUT2D eigenvalue weighted by atomic mass is 10.3. The molecule has 2 aromatic heterocycles. The molecule has 0 fully saturated rings. The second-order valence-electron chi connectivity index (χ2n) is 6.20. The van der Waals surface area contributed by atoms with Gasteiger partial charge >= 0.3 is 5.97 Å². The van der Waals surface area contributed by atoms with E-state index in [0.717, 1.165) is 11.3 Å². The fourth-order valence-corrected chi connectivity index (χ4v) is 4.44. The van der Waals surface area contributed by atoms with E-state index >= 15 is 0 Å². The van der Waals surface area contributed by atoms with Crippen molar-refractivity contribution in [2.24, 2.45) is 17.2 Å².